The summed E-state index contributed by atoms with van der Waals surface area (Å²) in [7, 11) is 1.56. The van der Waals surface area contributed by atoms with Crippen molar-refractivity contribution < 1.29 is 9.66 Å². The quantitative estimate of drug-likeness (QED) is 0.485. The van der Waals surface area contributed by atoms with Crippen LogP contribution >= 0.6 is 15.9 Å². The zero-order valence-corrected chi connectivity index (χ0v) is 11.1. The molecule has 0 spiro atoms. The molecule has 1 rings (SSSR count). The van der Waals surface area contributed by atoms with Crippen molar-refractivity contribution in [1.82, 2.24) is 0 Å². The second kappa shape index (κ2) is 4.82. The summed E-state index contributed by atoms with van der Waals surface area (Å²) >= 11 is 3.41. The highest BCUT2D eigenvalue weighted by atomic mass is 79.9. The van der Waals surface area contributed by atoms with E-state index in [1.54, 1.807) is 19.2 Å². The van der Waals surface area contributed by atoms with E-state index in [1.165, 1.54) is 6.07 Å². The molecule has 0 heterocycles. The summed E-state index contributed by atoms with van der Waals surface area (Å²) in [5.74, 6) is 0.676. The maximum atomic E-state index is 10.7. The van der Waals surface area contributed by atoms with Gasteiger partial charge in [-0.1, -0.05) is 29.8 Å². The van der Waals surface area contributed by atoms with Crippen LogP contribution in [-0.2, 0) is 5.41 Å². The van der Waals surface area contributed by atoms with E-state index in [0.717, 1.165) is 5.56 Å². The van der Waals surface area contributed by atoms with Gasteiger partial charge in [-0.25, -0.2) is 0 Å². The van der Waals surface area contributed by atoms with Crippen LogP contribution in [0.3, 0.4) is 0 Å². The predicted octanol–water partition coefficient (Wildman–Crippen LogP) is 3.28. The summed E-state index contributed by atoms with van der Waals surface area (Å²) in [6, 6.07) is 4.66. The van der Waals surface area contributed by atoms with Crippen LogP contribution in [0.4, 0.5) is 5.69 Å². The smallest absolute Gasteiger partial charge is 0.269 e. The lowest BCUT2D eigenvalue weighted by molar-refractivity contribution is -0.385. The molecule has 0 N–H and O–H groups in total. The molecule has 16 heavy (non-hydrogen) atoms. The van der Waals surface area contributed by atoms with Crippen molar-refractivity contribution >= 4 is 21.6 Å². The van der Waals surface area contributed by atoms with Crippen LogP contribution in [0, 0.1) is 10.1 Å². The van der Waals surface area contributed by atoms with E-state index in [2.05, 4.69) is 15.9 Å². The zero-order chi connectivity index (χ0) is 12.3. The third-order valence-electron chi connectivity index (χ3n) is 2.46. The molecule has 0 radical (unpaired) electrons. The largest absolute Gasteiger partial charge is 0.496 e. The van der Waals surface area contributed by atoms with Crippen LogP contribution in [0.1, 0.15) is 19.4 Å². The van der Waals surface area contributed by atoms with Gasteiger partial charge in [-0.15, -0.1) is 0 Å². The monoisotopic (exact) mass is 287 g/mol. The van der Waals surface area contributed by atoms with Gasteiger partial charge < -0.3 is 4.74 Å². The fraction of sp³-hybridized carbons (Fsp3) is 0.455. The lowest BCUT2D eigenvalue weighted by Crippen LogP contribution is -2.20. The second-order valence-corrected chi connectivity index (χ2v) is 4.72. The van der Waals surface area contributed by atoms with Crippen LogP contribution < -0.4 is 4.74 Å². The van der Waals surface area contributed by atoms with Gasteiger partial charge in [0.1, 0.15) is 5.75 Å². The number of nitro groups is 1. The SMILES string of the molecule is COc1ccc([N+](=O)[O-])cc1C(C)(C)CBr. The highest BCUT2D eigenvalue weighted by Crippen LogP contribution is 2.35. The summed E-state index contributed by atoms with van der Waals surface area (Å²) in [5, 5.41) is 11.4. The minimum atomic E-state index is -0.396. The fourth-order valence-corrected chi connectivity index (χ4v) is 1.71. The summed E-state index contributed by atoms with van der Waals surface area (Å²) in [6.07, 6.45) is 0. The van der Waals surface area contributed by atoms with Crippen molar-refractivity contribution in [2.24, 2.45) is 0 Å². The van der Waals surface area contributed by atoms with Gasteiger partial charge in [0.15, 0.2) is 0 Å². The van der Waals surface area contributed by atoms with Crippen molar-refractivity contribution in [2.45, 2.75) is 19.3 Å². The Kier molecular flexibility index (Phi) is 3.91. The van der Waals surface area contributed by atoms with E-state index in [-0.39, 0.29) is 11.1 Å². The second-order valence-electron chi connectivity index (χ2n) is 4.16. The fourth-order valence-electron chi connectivity index (χ4n) is 1.41. The van der Waals surface area contributed by atoms with Gasteiger partial charge >= 0.3 is 0 Å². The first-order valence-electron chi connectivity index (χ1n) is 4.81. The molecule has 5 heteroatoms. The molecule has 1 aromatic rings. The third kappa shape index (κ3) is 2.52. The number of hydrogen-bond acceptors (Lipinski definition) is 3. The molecule has 0 saturated carbocycles. The van der Waals surface area contributed by atoms with Crippen molar-refractivity contribution in [3.63, 3.8) is 0 Å². The number of rotatable bonds is 4. The molecule has 88 valence electrons. The lowest BCUT2D eigenvalue weighted by Gasteiger charge is -2.24. The first-order valence-corrected chi connectivity index (χ1v) is 5.93. The summed E-state index contributed by atoms with van der Waals surface area (Å²) < 4.78 is 5.22. The number of ether oxygens (including phenoxy) is 1. The average Bonchev–Trinajstić information content (AvgIpc) is 2.28. The standard InChI is InChI=1S/C11H14BrNO3/c1-11(2,7-12)9-6-8(13(14)15)4-5-10(9)16-3/h4-6H,7H2,1-3H3. The highest BCUT2D eigenvalue weighted by Gasteiger charge is 2.25. The maximum absolute atomic E-state index is 10.7. The molecule has 0 fully saturated rings. The first kappa shape index (κ1) is 13.0. The Morgan fingerprint density at radius 1 is 1.50 bits per heavy atom. The van der Waals surface area contributed by atoms with Crippen LogP contribution in [0.15, 0.2) is 18.2 Å². The van der Waals surface area contributed by atoms with E-state index >= 15 is 0 Å². The Morgan fingerprint density at radius 2 is 2.12 bits per heavy atom. The third-order valence-corrected chi connectivity index (χ3v) is 3.86. The molecule has 0 saturated heterocycles. The molecule has 4 nitrogen and oxygen atoms in total. The topological polar surface area (TPSA) is 52.4 Å². The number of nitrogens with zero attached hydrogens (tertiary/aromatic N) is 1. The number of nitro benzene ring substituents is 1. The van der Waals surface area contributed by atoms with Gasteiger partial charge in [0.2, 0.25) is 0 Å². The minimum absolute atomic E-state index is 0.0878. The summed E-state index contributed by atoms with van der Waals surface area (Å²) in [5.41, 5.74) is 0.711. The molecule has 0 aliphatic rings. The molecule has 1 aromatic carbocycles. The maximum Gasteiger partial charge on any atom is 0.269 e. The Balaban J connectivity index is 3.33. The molecule has 0 unspecified atom stereocenters. The van der Waals surface area contributed by atoms with E-state index in [4.69, 9.17) is 4.74 Å². The number of non-ortho nitro benzene ring substituents is 1. The number of hydrogen-bond donors (Lipinski definition) is 0. The normalized spacial score (nSPS) is 11.2. The van der Waals surface area contributed by atoms with E-state index in [9.17, 15) is 10.1 Å². The Morgan fingerprint density at radius 3 is 2.56 bits per heavy atom. The molecule has 0 bridgehead atoms. The molecular formula is C11H14BrNO3. The van der Waals surface area contributed by atoms with Crippen LogP contribution in [0.5, 0.6) is 5.75 Å². The van der Waals surface area contributed by atoms with Crippen molar-refractivity contribution in [1.29, 1.82) is 0 Å². The van der Waals surface area contributed by atoms with Crippen LogP contribution in [0.2, 0.25) is 0 Å². The minimum Gasteiger partial charge on any atom is -0.496 e. The zero-order valence-electron chi connectivity index (χ0n) is 9.49. The van der Waals surface area contributed by atoms with Crippen molar-refractivity contribution in [2.75, 3.05) is 12.4 Å². The summed E-state index contributed by atoms with van der Waals surface area (Å²) in [6.45, 7) is 4.01. The van der Waals surface area contributed by atoms with Crippen LogP contribution in [-0.4, -0.2) is 17.4 Å². The number of alkyl halides is 1. The van der Waals surface area contributed by atoms with E-state index in [1.807, 2.05) is 13.8 Å². The Hall–Kier alpha value is -1.10. The molecule has 0 amide bonds. The van der Waals surface area contributed by atoms with Crippen LogP contribution in [0.25, 0.3) is 0 Å². The lowest BCUT2D eigenvalue weighted by atomic mass is 9.86. The van der Waals surface area contributed by atoms with Crippen molar-refractivity contribution in [3.05, 3.63) is 33.9 Å². The molecule has 0 aliphatic carbocycles. The molecular weight excluding hydrogens is 274 g/mol. The van der Waals surface area contributed by atoms with Gasteiger partial charge in [0.25, 0.3) is 5.69 Å². The first-order chi connectivity index (χ1) is 7.42. The van der Waals surface area contributed by atoms with Crippen molar-refractivity contribution in [3.8, 4) is 5.75 Å². The van der Waals surface area contributed by atoms with Gasteiger partial charge in [-0.3, -0.25) is 10.1 Å². The van der Waals surface area contributed by atoms with E-state index in [0.29, 0.717) is 11.1 Å². The van der Waals surface area contributed by atoms with Gasteiger partial charge in [-0.2, -0.15) is 0 Å². The van der Waals surface area contributed by atoms with E-state index < -0.39 is 4.92 Å². The highest BCUT2D eigenvalue weighted by molar-refractivity contribution is 9.09. The Labute approximate surface area is 103 Å². The predicted molar refractivity (Wildman–Crippen MR) is 66.5 cm³/mol. The van der Waals surface area contributed by atoms with Gasteiger partial charge in [0, 0.05) is 28.4 Å². The number of halogens is 1. The average molecular weight is 288 g/mol. The van der Waals surface area contributed by atoms with Gasteiger partial charge in [-0.05, 0) is 6.07 Å². The number of methoxy groups -OCH3 is 1. The van der Waals surface area contributed by atoms with Gasteiger partial charge in [0.05, 0.1) is 12.0 Å². The molecule has 0 aliphatic heterocycles. The number of benzene rings is 1. The Bertz CT molecular complexity index is 404. The molecule has 0 atom stereocenters. The molecule has 0 aromatic heterocycles. The summed E-state index contributed by atoms with van der Waals surface area (Å²) in [4.78, 5) is 10.3.